The van der Waals surface area contributed by atoms with Crippen LogP contribution in [-0.2, 0) is 17.6 Å². The van der Waals surface area contributed by atoms with E-state index < -0.39 is 0 Å². The number of likely N-dealkylation sites (N-methyl/N-ethyl adjacent to an activating group) is 1. The van der Waals surface area contributed by atoms with Crippen LogP contribution in [0.1, 0.15) is 55.4 Å². The summed E-state index contributed by atoms with van der Waals surface area (Å²) in [6.45, 7) is 12.6. The molecule has 1 aliphatic rings. The molecular weight excluding hydrogens is 380 g/mol. The first-order valence-corrected chi connectivity index (χ1v) is 11.5. The zero-order valence-corrected chi connectivity index (χ0v) is 20.0. The molecule has 3 atom stereocenters. The van der Waals surface area contributed by atoms with Gasteiger partial charge in [-0.2, -0.15) is 0 Å². The van der Waals surface area contributed by atoms with Gasteiger partial charge in [0.1, 0.15) is 6.29 Å². The normalized spacial score (nSPS) is 20.2. The second-order valence-electron chi connectivity index (χ2n) is 9.07. The van der Waals surface area contributed by atoms with Crippen molar-refractivity contribution in [3.63, 3.8) is 0 Å². The van der Waals surface area contributed by atoms with Gasteiger partial charge < -0.3 is 15.4 Å². The van der Waals surface area contributed by atoms with Gasteiger partial charge in [-0.1, -0.05) is 80.1 Å². The second kappa shape index (κ2) is 11.9. The predicted molar refractivity (Wildman–Crippen MR) is 132 cm³/mol. The summed E-state index contributed by atoms with van der Waals surface area (Å²) in [6.07, 6.45) is 6.30. The zero-order chi connectivity index (χ0) is 22.9. The number of rotatable bonds is 10. The molecule has 1 aliphatic carbocycles. The van der Waals surface area contributed by atoms with Crippen LogP contribution < -0.4 is 10.6 Å². The van der Waals surface area contributed by atoms with E-state index in [0.717, 1.165) is 32.0 Å². The predicted octanol–water partition coefficient (Wildman–Crippen LogP) is 5.54. The maximum atomic E-state index is 10.4. The van der Waals surface area contributed by atoms with Crippen molar-refractivity contribution in [3.8, 4) is 0 Å². The molecule has 0 amide bonds. The van der Waals surface area contributed by atoms with Crippen LogP contribution in [0.4, 0.5) is 0 Å². The largest absolute Gasteiger partial charge is 0.382 e. The SMILES string of the molecule is C=C(CCc1ccc(C)cc1)NC1(CC)CC1NC.Cc1ccc(CC(C)C=O)cc1. The summed E-state index contributed by atoms with van der Waals surface area (Å²) < 4.78 is 0. The molecule has 0 spiro atoms. The summed E-state index contributed by atoms with van der Waals surface area (Å²) in [4.78, 5) is 10.4. The topological polar surface area (TPSA) is 41.1 Å². The van der Waals surface area contributed by atoms with E-state index in [1.165, 1.54) is 34.4 Å². The first kappa shape index (κ1) is 24.9. The number of carbonyl (C=O) groups excluding carboxylic acids is 1. The fourth-order valence-electron chi connectivity index (χ4n) is 3.91. The highest BCUT2D eigenvalue weighted by Gasteiger charge is 2.51. The lowest BCUT2D eigenvalue weighted by atomic mass is 10.0. The van der Waals surface area contributed by atoms with Gasteiger partial charge in [-0.25, -0.2) is 0 Å². The molecule has 31 heavy (non-hydrogen) atoms. The van der Waals surface area contributed by atoms with Crippen molar-refractivity contribution in [2.75, 3.05) is 7.05 Å². The van der Waals surface area contributed by atoms with Gasteiger partial charge in [-0.3, -0.25) is 0 Å². The van der Waals surface area contributed by atoms with Gasteiger partial charge in [-0.15, -0.1) is 0 Å². The maximum absolute atomic E-state index is 10.4. The highest BCUT2D eigenvalue weighted by molar-refractivity contribution is 5.53. The van der Waals surface area contributed by atoms with Crippen molar-refractivity contribution in [3.05, 3.63) is 83.1 Å². The van der Waals surface area contributed by atoms with Crippen LogP contribution in [0.2, 0.25) is 0 Å². The summed E-state index contributed by atoms with van der Waals surface area (Å²) in [5.41, 5.74) is 6.64. The van der Waals surface area contributed by atoms with E-state index in [4.69, 9.17) is 0 Å². The number of hydrogen-bond donors (Lipinski definition) is 2. The van der Waals surface area contributed by atoms with E-state index in [2.05, 4.69) is 86.5 Å². The lowest BCUT2D eigenvalue weighted by Crippen LogP contribution is -2.37. The lowest BCUT2D eigenvalue weighted by molar-refractivity contribution is -0.110. The molecule has 2 N–H and O–H groups in total. The van der Waals surface area contributed by atoms with Crippen molar-refractivity contribution < 1.29 is 4.79 Å². The van der Waals surface area contributed by atoms with Crippen molar-refractivity contribution in [1.82, 2.24) is 10.6 Å². The van der Waals surface area contributed by atoms with Gasteiger partial charge in [0.15, 0.2) is 0 Å². The average molecular weight is 421 g/mol. The van der Waals surface area contributed by atoms with E-state index in [9.17, 15) is 4.79 Å². The van der Waals surface area contributed by atoms with Gasteiger partial charge in [0.25, 0.3) is 0 Å². The van der Waals surface area contributed by atoms with Crippen molar-refractivity contribution >= 4 is 6.29 Å². The fourth-order valence-corrected chi connectivity index (χ4v) is 3.91. The molecule has 3 nitrogen and oxygen atoms in total. The number of nitrogens with one attached hydrogen (secondary N) is 2. The van der Waals surface area contributed by atoms with E-state index in [1.54, 1.807) is 0 Å². The minimum atomic E-state index is 0.132. The standard InChI is InChI=1S/C17H26N2.C11H14O/c1-5-17(12-16(17)18-4)19-14(3)8-11-15-9-6-13(2)7-10-15;1-9-3-5-11(6-4-9)7-10(2)8-12/h6-7,9-10,16,18-19H,3,5,8,11-12H2,1-2,4H3;3-6,8,10H,7H2,1-2H3. The number of aryl methyl sites for hydroxylation is 3. The Morgan fingerprint density at radius 2 is 1.65 bits per heavy atom. The van der Waals surface area contributed by atoms with Crippen molar-refractivity contribution in [2.45, 2.75) is 71.4 Å². The number of aldehydes is 1. The Morgan fingerprint density at radius 3 is 2.10 bits per heavy atom. The Hall–Kier alpha value is -2.39. The lowest BCUT2D eigenvalue weighted by Gasteiger charge is -2.20. The molecule has 0 aromatic heterocycles. The van der Waals surface area contributed by atoms with Gasteiger partial charge in [0.2, 0.25) is 0 Å². The van der Waals surface area contributed by atoms with E-state index in [-0.39, 0.29) is 11.5 Å². The van der Waals surface area contributed by atoms with Crippen LogP contribution in [0.15, 0.2) is 60.8 Å². The third-order valence-corrected chi connectivity index (χ3v) is 6.23. The molecule has 2 aromatic rings. The fraction of sp³-hybridized carbons (Fsp3) is 0.464. The van der Waals surface area contributed by atoms with Crippen LogP contribution >= 0.6 is 0 Å². The number of benzene rings is 2. The molecule has 1 saturated carbocycles. The molecule has 168 valence electrons. The molecule has 3 rings (SSSR count). The van der Waals surface area contributed by atoms with E-state index in [1.807, 2.05) is 14.0 Å². The highest BCUT2D eigenvalue weighted by Crippen LogP contribution is 2.39. The molecule has 2 aromatic carbocycles. The number of hydrogen-bond acceptors (Lipinski definition) is 3. The molecule has 3 unspecified atom stereocenters. The molecule has 0 radical (unpaired) electrons. The van der Waals surface area contributed by atoms with Gasteiger partial charge in [-0.05, 0) is 64.1 Å². The Morgan fingerprint density at radius 1 is 1.10 bits per heavy atom. The van der Waals surface area contributed by atoms with Gasteiger partial charge in [0, 0.05) is 17.7 Å². The smallest absolute Gasteiger partial charge is 0.123 e. The van der Waals surface area contributed by atoms with Crippen molar-refractivity contribution in [1.29, 1.82) is 0 Å². The first-order chi connectivity index (χ1) is 14.8. The molecule has 0 bridgehead atoms. The molecule has 3 heteroatoms. The van der Waals surface area contributed by atoms with E-state index in [0.29, 0.717) is 6.04 Å². The number of carbonyl (C=O) groups is 1. The Bertz CT molecular complexity index is 825. The highest BCUT2D eigenvalue weighted by atomic mass is 16.1. The van der Waals surface area contributed by atoms with Gasteiger partial charge >= 0.3 is 0 Å². The first-order valence-electron chi connectivity index (χ1n) is 11.5. The van der Waals surface area contributed by atoms with Crippen LogP contribution in [-0.4, -0.2) is 24.9 Å². The molecule has 0 saturated heterocycles. The van der Waals surface area contributed by atoms with Crippen molar-refractivity contribution in [2.24, 2.45) is 5.92 Å². The summed E-state index contributed by atoms with van der Waals surface area (Å²) in [5, 5.41) is 7.01. The van der Waals surface area contributed by atoms with Crippen LogP contribution in [0, 0.1) is 19.8 Å². The third kappa shape index (κ3) is 7.99. The minimum Gasteiger partial charge on any atom is -0.382 e. The maximum Gasteiger partial charge on any atom is 0.123 e. The summed E-state index contributed by atoms with van der Waals surface area (Å²) >= 11 is 0. The average Bonchev–Trinajstić information content (AvgIpc) is 3.48. The Balaban J connectivity index is 0.000000245. The molecule has 0 aliphatic heterocycles. The second-order valence-corrected chi connectivity index (χ2v) is 9.07. The zero-order valence-electron chi connectivity index (χ0n) is 20.0. The third-order valence-electron chi connectivity index (χ3n) is 6.23. The molecule has 1 fully saturated rings. The summed E-state index contributed by atoms with van der Waals surface area (Å²) in [7, 11) is 2.04. The number of allylic oxidation sites excluding steroid dienone is 1. The Kier molecular flexibility index (Phi) is 9.51. The van der Waals surface area contributed by atoms with Crippen LogP contribution in [0.3, 0.4) is 0 Å². The quantitative estimate of drug-likeness (QED) is 0.496. The summed E-state index contributed by atoms with van der Waals surface area (Å²) in [6, 6.07) is 17.7. The molecular formula is C28H40N2O. The minimum absolute atomic E-state index is 0.132. The van der Waals surface area contributed by atoms with Crippen LogP contribution in [0.25, 0.3) is 0 Å². The monoisotopic (exact) mass is 420 g/mol. The molecule has 0 heterocycles. The van der Waals surface area contributed by atoms with Gasteiger partial charge in [0.05, 0.1) is 5.54 Å². The Labute approximate surface area is 189 Å². The summed E-state index contributed by atoms with van der Waals surface area (Å²) in [5.74, 6) is 0.132. The van der Waals surface area contributed by atoms with E-state index >= 15 is 0 Å². The van der Waals surface area contributed by atoms with Crippen LogP contribution in [0.5, 0.6) is 0 Å².